The zero-order valence-electron chi connectivity index (χ0n) is 17.0. The molecule has 1 amide bonds. The molecule has 0 aliphatic heterocycles. The van der Waals surface area contributed by atoms with Gasteiger partial charge in [-0.1, -0.05) is 19.1 Å². The van der Waals surface area contributed by atoms with Crippen molar-refractivity contribution in [2.24, 2.45) is 0 Å². The normalized spacial score (nSPS) is 11.7. The van der Waals surface area contributed by atoms with Crippen LogP contribution in [-0.4, -0.2) is 25.5 Å². The van der Waals surface area contributed by atoms with Crippen molar-refractivity contribution in [2.45, 2.75) is 26.4 Å². The number of halogens is 4. The average Bonchev–Trinajstić information content (AvgIpc) is 3.10. The van der Waals surface area contributed by atoms with Crippen molar-refractivity contribution in [1.29, 1.82) is 0 Å². The molecule has 0 fully saturated rings. The lowest BCUT2D eigenvalue weighted by Gasteiger charge is -2.11. The topological polar surface area (TPSA) is 72.7 Å². The van der Waals surface area contributed by atoms with Crippen LogP contribution in [0.4, 0.5) is 17.6 Å². The Morgan fingerprint density at radius 1 is 1.16 bits per heavy atom. The fourth-order valence-corrected chi connectivity index (χ4v) is 3.30. The van der Waals surface area contributed by atoms with Crippen molar-refractivity contribution < 1.29 is 22.4 Å². The van der Waals surface area contributed by atoms with Gasteiger partial charge in [-0.05, 0) is 43.2 Å². The molecule has 0 unspecified atom stereocenters. The third-order valence-corrected chi connectivity index (χ3v) is 4.92. The molecule has 6 nitrogen and oxygen atoms in total. The van der Waals surface area contributed by atoms with Crippen molar-refractivity contribution in [1.82, 2.24) is 19.6 Å². The van der Waals surface area contributed by atoms with Gasteiger partial charge in [0.15, 0.2) is 5.82 Å². The fraction of sp³-hybridized carbons (Fsp3) is 0.182. The third kappa shape index (κ3) is 4.03. The first-order valence-electron chi connectivity index (χ1n) is 9.66. The summed E-state index contributed by atoms with van der Waals surface area (Å²) in [5, 5.41) is 0. The Morgan fingerprint density at radius 2 is 1.94 bits per heavy atom. The van der Waals surface area contributed by atoms with E-state index in [9.17, 15) is 22.4 Å². The van der Waals surface area contributed by atoms with E-state index in [-0.39, 0.29) is 16.9 Å². The Labute approximate surface area is 179 Å². The summed E-state index contributed by atoms with van der Waals surface area (Å²) in [6, 6.07) is 7.90. The molecule has 3 aromatic heterocycles. The fourth-order valence-electron chi connectivity index (χ4n) is 3.30. The van der Waals surface area contributed by atoms with E-state index in [1.54, 1.807) is 19.9 Å². The average molecular weight is 443 g/mol. The van der Waals surface area contributed by atoms with Crippen LogP contribution in [0.25, 0.3) is 22.4 Å². The smallest absolute Gasteiger partial charge is 0.267 e. The molecule has 3 heterocycles. The van der Waals surface area contributed by atoms with Crippen LogP contribution in [0.5, 0.6) is 0 Å². The molecule has 0 atom stereocenters. The van der Waals surface area contributed by atoms with Gasteiger partial charge >= 0.3 is 6.18 Å². The van der Waals surface area contributed by atoms with E-state index in [1.165, 1.54) is 41.3 Å². The first kappa shape index (κ1) is 21.4. The van der Waals surface area contributed by atoms with Crippen molar-refractivity contribution >= 4 is 16.9 Å². The van der Waals surface area contributed by atoms with Crippen molar-refractivity contribution in [3.8, 4) is 11.4 Å². The third-order valence-electron chi connectivity index (χ3n) is 4.92. The van der Waals surface area contributed by atoms with Gasteiger partial charge in [0.05, 0.1) is 22.3 Å². The molecule has 0 saturated carbocycles. The lowest BCUT2D eigenvalue weighted by Crippen LogP contribution is -2.23. The zero-order valence-corrected chi connectivity index (χ0v) is 17.0. The molecule has 0 saturated heterocycles. The highest BCUT2D eigenvalue weighted by atomic mass is 19.4. The Kier molecular flexibility index (Phi) is 5.37. The number of nitrogens with zero attached hydrogens (tertiary/aromatic N) is 4. The van der Waals surface area contributed by atoms with Crippen LogP contribution in [0.1, 0.15) is 34.2 Å². The summed E-state index contributed by atoms with van der Waals surface area (Å²) in [4.78, 5) is 25.0. The molecular weight excluding hydrogens is 426 g/mol. The highest BCUT2D eigenvalue weighted by Crippen LogP contribution is 2.30. The van der Waals surface area contributed by atoms with E-state index in [2.05, 4.69) is 20.4 Å². The number of aryl methyl sites for hydroxylation is 2. The summed E-state index contributed by atoms with van der Waals surface area (Å²) >= 11 is 0. The SMILES string of the molecule is CCc1cn(NC(=O)c2cnc(-c3cccc(F)c3)nc2C)c2ccc(C(F)(F)F)nc12. The van der Waals surface area contributed by atoms with Crippen LogP contribution in [-0.2, 0) is 12.6 Å². The highest BCUT2D eigenvalue weighted by Gasteiger charge is 2.33. The molecule has 32 heavy (non-hydrogen) atoms. The number of alkyl halides is 3. The molecule has 164 valence electrons. The van der Waals surface area contributed by atoms with E-state index in [0.29, 0.717) is 28.8 Å². The minimum absolute atomic E-state index is 0.164. The van der Waals surface area contributed by atoms with Crippen molar-refractivity contribution in [3.63, 3.8) is 0 Å². The van der Waals surface area contributed by atoms with Crippen LogP contribution in [0.3, 0.4) is 0 Å². The molecule has 0 bridgehead atoms. The van der Waals surface area contributed by atoms with Crippen LogP contribution in [0.15, 0.2) is 48.8 Å². The number of benzene rings is 1. The molecule has 10 heteroatoms. The van der Waals surface area contributed by atoms with E-state index < -0.39 is 23.6 Å². The van der Waals surface area contributed by atoms with E-state index in [0.717, 1.165) is 6.07 Å². The summed E-state index contributed by atoms with van der Waals surface area (Å²) in [5.74, 6) is -0.714. The molecule has 0 radical (unpaired) electrons. The number of aromatic nitrogens is 4. The Morgan fingerprint density at radius 3 is 2.59 bits per heavy atom. The number of carbonyl (C=O) groups is 1. The first-order valence-corrected chi connectivity index (χ1v) is 9.66. The zero-order chi connectivity index (χ0) is 23.0. The van der Waals surface area contributed by atoms with Gasteiger partial charge < -0.3 is 0 Å². The Bertz CT molecular complexity index is 1330. The largest absolute Gasteiger partial charge is 0.433 e. The molecule has 1 aromatic carbocycles. The number of hydrogen-bond donors (Lipinski definition) is 1. The Balaban J connectivity index is 1.65. The monoisotopic (exact) mass is 443 g/mol. The second kappa shape index (κ2) is 8.03. The number of nitrogens with one attached hydrogen (secondary N) is 1. The van der Waals surface area contributed by atoms with Crippen LogP contribution in [0.2, 0.25) is 0 Å². The number of hydrogen-bond acceptors (Lipinski definition) is 4. The maximum atomic E-state index is 13.5. The summed E-state index contributed by atoms with van der Waals surface area (Å²) in [6.45, 7) is 3.40. The van der Waals surface area contributed by atoms with Gasteiger partial charge in [-0.25, -0.2) is 19.3 Å². The van der Waals surface area contributed by atoms with Gasteiger partial charge in [0.25, 0.3) is 5.91 Å². The maximum absolute atomic E-state index is 13.5. The van der Waals surface area contributed by atoms with Crippen molar-refractivity contribution in [2.75, 3.05) is 5.43 Å². The molecule has 0 aliphatic carbocycles. The number of amides is 1. The molecule has 4 rings (SSSR count). The van der Waals surface area contributed by atoms with Crippen LogP contribution < -0.4 is 5.43 Å². The second-order valence-corrected chi connectivity index (χ2v) is 7.08. The number of carbonyl (C=O) groups excluding carboxylic acids is 1. The van der Waals surface area contributed by atoms with E-state index in [1.807, 2.05) is 0 Å². The molecule has 4 aromatic rings. The van der Waals surface area contributed by atoms with Gasteiger partial charge in [0.1, 0.15) is 11.5 Å². The molecule has 0 aliphatic rings. The summed E-state index contributed by atoms with van der Waals surface area (Å²) < 4.78 is 53.9. The lowest BCUT2D eigenvalue weighted by atomic mass is 10.2. The van der Waals surface area contributed by atoms with Crippen LogP contribution >= 0.6 is 0 Å². The van der Waals surface area contributed by atoms with Crippen LogP contribution in [0, 0.1) is 12.7 Å². The highest BCUT2D eigenvalue weighted by molar-refractivity contribution is 6.01. The van der Waals surface area contributed by atoms with Gasteiger partial charge in [-0.3, -0.25) is 14.9 Å². The predicted octanol–water partition coefficient (Wildman–Crippen LogP) is 4.91. The van der Waals surface area contributed by atoms with Gasteiger partial charge in [0, 0.05) is 18.0 Å². The predicted molar refractivity (Wildman–Crippen MR) is 110 cm³/mol. The van der Waals surface area contributed by atoms with Crippen molar-refractivity contribution in [3.05, 3.63) is 77.1 Å². The minimum Gasteiger partial charge on any atom is -0.267 e. The number of rotatable bonds is 4. The van der Waals surface area contributed by atoms with Gasteiger partial charge in [-0.2, -0.15) is 13.2 Å². The van der Waals surface area contributed by atoms with E-state index in [4.69, 9.17) is 0 Å². The molecule has 0 spiro atoms. The molecule has 1 N–H and O–H groups in total. The Hall–Kier alpha value is -3.82. The summed E-state index contributed by atoms with van der Waals surface area (Å²) in [5.41, 5.74) is 3.69. The van der Waals surface area contributed by atoms with Gasteiger partial charge in [0.2, 0.25) is 0 Å². The standard InChI is InChI=1S/C22H17F4N5O/c1-3-13-11-31(17-7-8-18(22(24,25)26)29-19(13)17)30-21(32)16-10-27-20(28-12(16)2)14-5-4-6-15(23)9-14/h4-11H,3H2,1-2H3,(H,30,32). The minimum atomic E-state index is -4.57. The van der Waals surface area contributed by atoms with E-state index >= 15 is 0 Å². The summed E-state index contributed by atoms with van der Waals surface area (Å²) in [7, 11) is 0. The second-order valence-electron chi connectivity index (χ2n) is 7.08. The lowest BCUT2D eigenvalue weighted by molar-refractivity contribution is -0.140. The quantitative estimate of drug-likeness (QED) is 0.455. The molecular formula is C22H17F4N5O. The maximum Gasteiger partial charge on any atom is 0.433 e. The number of fused-ring (bicyclic) bond motifs is 1. The van der Waals surface area contributed by atoms with Gasteiger partial charge in [-0.15, -0.1) is 0 Å². The summed E-state index contributed by atoms with van der Waals surface area (Å²) in [6.07, 6.45) is -1.28. The first-order chi connectivity index (χ1) is 15.2. The number of pyridine rings is 1.